The van der Waals surface area contributed by atoms with E-state index in [1.54, 1.807) is 6.92 Å². The summed E-state index contributed by atoms with van der Waals surface area (Å²) in [6, 6.07) is 4.33. The van der Waals surface area contributed by atoms with Crippen molar-refractivity contribution in [2.24, 2.45) is 0 Å². The maximum absolute atomic E-state index is 12.7. The lowest BCUT2D eigenvalue weighted by Crippen LogP contribution is -2.18. The van der Waals surface area contributed by atoms with Crippen molar-refractivity contribution in [3.05, 3.63) is 41.6 Å². The number of anilines is 1. The van der Waals surface area contributed by atoms with Gasteiger partial charge in [-0.1, -0.05) is 0 Å². The van der Waals surface area contributed by atoms with Gasteiger partial charge in [-0.3, -0.25) is 4.79 Å². The summed E-state index contributed by atoms with van der Waals surface area (Å²) in [5, 5.41) is 11.5. The fraction of sp³-hybridized carbons (Fsp3) is 0.286. The zero-order chi connectivity index (χ0) is 17.0. The number of aliphatic hydroxyl groups excluding tert-OH is 1. The second kappa shape index (κ2) is 6.69. The Balaban J connectivity index is 2.23. The van der Waals surface area contributed by atoms with Gasteiger partial charge >= 0.3 is 6.18 Å². The molecule has 0 aliphatic rings. The Labute approximate surface area is 128 Å². The highest BCUT2D eigenvalue weighted by Crippen LogP contribution is 2.31. The van der Waals surface area contributed by atoms with Crippen LogP contribution < -0.4 is 10.1 Å². The smallest absolute Gasteiger partial charge is 0.437 e. The molecule has 0 aliphatic carbocycles. The molecule has 1 aromatic carbocycles. The number of ether oxygens (including phenoxy) is 1. The second-order valence-corrected chi connectivity index (χ2v) is 4.40. The predicted molar refractivity (Wildman–Crippen MR) is 73.0 cm³/mol. The third-order valence-corrected chi connectivity index (χ3v) is 2.83. The Morgan fingerprint density at radius 3 is 2.78 bits per heavy atom. The van der Waals surface area contributed by atoms with Gasteiger partial charge in [0.15, 0.2) is 12.1 Å². The molecule has 0 radical (unpaired) electrons. The Hall–Kier alpha value is -2.55. The number of alkyl halides is 3. The molecule has 2 aromatic rings. The van der Waals surface area contributed by atoms with Crippen LogP contribution in [0.25, 0.3) is 0 Å². The molecular formula is C14H13F3N2O4. The van der Waals surface area contributed by atoms with Crippen LogP contribution in [0, 0.1) is 0 Å². The van der Waals surface area contributed by atoms with Gasteiger partial charge in [0.2, 0.25) is 5.76 Å². The minimum atomic E-state index is -4.80. The molecule has 1 aromatic heterocycles. The van der Waals surface area contributed by atoms with Crippen LogP contribution in [0.15, 0.2) is 29.0 Å². The van der Waals surface area contributed by atoms with Crippen molar-refractivity contribution in [2.45, 2.75) is 19.7 Å². The summed E-state index contributed by atoms with van der Waals surface area (Å²) in [6.07, 6.45) is -4.25. The van der Waals surface area contributed by atoms with Gasteiger partial charge in [0.25, 0.3) is 5.91 Å². The number of hydrogen-bond donors (Lipinski definition) is 2. The molecule has 1 amide bonds. The molecule has 0 unspecified atom stereocenters. The standard InChI is InChI=1S/C14H13F3N2O4/c1-2-22-10-4-3-9(5-8(10)6-20)19-13(21)11-12(14(15,16)17)18-7-23-11/h3-5,7,20H,2,6H2,1H3,(H,19,21). The molecule has 2 N–H and O–H groups in total. The number of nitrogens with zero attached hydrogens (tertiary/aromatic N) is 1. The molecular weight excluding hydrogens is 317 g/mol. The van der Waals surface area contributed by atoms with E-state index in [0.29, 0.717) is 24.3 Å². The lowest BCUT2D eigenvalue weighted by Gasteiger charge is -2.11. The van der Waals surface area contributed by atoms with Crippen LogP contribution in [0.3, 0.4) is 0 Å². The van der Waals surface area contributed by atoms with Crippen molar-refractivity contribution in [3.63, 3.8) is 0 Å². The summed E-state index contributed by atoms with van der Waals surface area (Å²) in [5.41, 5.74) is -0.825. The molecule has 6 nitrogen and oxygen atoms in total. The van der Waals surface area contributed by atoms with Crippen LogP contribution in [-0.4, -0.2) is 22.6 Å². The first-order valence-corrected chi connectivity index (χ1v) is 6.55. The SMILES string of the molecule is CCOc1ccc(NC(=O)c2ocnc2C(F)(F)F)cc1CO. The van der Waals surface area contributed by atoms with Gasteiger partial charge in [-0.05, 0) is 25.1 Å². The third-order valence-electron chi connectivity index (χ3n) is 2.83. The van der Waals surface area contributed by atoms with E-state index in [9.17, 15) is 23.1 Å². The quantitative estimate of drug-likeness (QED) is 0.880. The summed E-state index contributed by atoms with van der Waals surface area (Å²) in [4.78, 5) is 14.9. The normalized spacial score (nSPS) is 11.3. The minimum Gasteiger partial charge on any atom is -0.494 e. The largest absolute Gasteiger partial charge is 0.494 e. The maximum atomic E-state index is 12.7. The van der Waals surface area contributed by atoms with E-state index < -0.39 is 23.5 Å². The second-order valence-electron chi connectivity index (χ2n) is 4.40. The lowest BCUT2D eigenvalue weighted by molar-refractivity contribution is -0.141. The molecule has 124 valence electrons. The molecule has 0 saturated heterocycles. The third kappa shape index (κ3) is 3.81. The van der Waals surface area contributed by atoms with Crippen LogP contribution in [0.4, 0.5) is 18.9 Å². The number of oxazole rings is 1. The summed E-state index contributed by atoms with van der Waals surface area (Å²) in [5.74, 6) is -1.61. The fourth-order valence-electron chi connectivity index (χ4n) is 1.87. The van der Waals surface area contributed by atoms with Crippen molar-refractivity contribution in [2.75, 3.05) is 11.9 Å². The number of carbonyl (C=O) groups excluding carboxylic acids is 1. The first-order valence-electron chi connectivity index (χ1n) is 6.55. The van der Waals surface area contributed by atoms with Crippen LogP contribution in [0.5, 0.6) is 5.75 Å². The molecule has 0 aliphatic heterocycles. The van der Waals surface area contributed by atoms with Gasteiger partial charge in [0, 0.05) is 11.3 Å². The van der Waals surface area contributed by atoms with Gasteiger partial charge in [0.1, 0.15) is 5.75 Å². The first-order chi connectivity index (χ1) is 10.9. The Kier molecular flexibility index (Phi) is 4.89. The number of nitrogens with one attached hydrogen (secondary N) is 1. The van der Waals surface area contributed by atoms with Gasteiger partial charge < -0.3 is 19.6 Å². The predicted octanol–water partition coefficient (Wildman–Crippen LogP) is 2.84. The van der Waals surface area contributed by atoms with Crippen LogP contribution in [-0.2, 0) is 12.8 Å². The van der Waals surface area contributed by atoms with E-state index in [-0.39, 0.29) is 12.3 Å². The van der Waals surface area contributed by atoms with Crippen molar-refractivity contribution in [1.29, 1.82) is 0 Å². The summed E-state index contributed by atoms with van der Waals surface area (Å²) in [6.45, 7) is 1.79. The molecule has 0 bridgehead atoms. The van der Waals surface area contributed by atoms with Crippen molar-refractivity contribution in [1.82, 2.24) is 4.98 Å². The number of halogens is 3. The van der Waals surface area contributed by atoms with Crippen LogP contribution >= 0.6 is 0 Å². The number of benzene rings is 1. The molecule has 2 rings (SSSR count). The van der Waals surface area contributed by atoms with Crippen LogP contribution in [0.1, 0.15) is 28.7 Å². The highest BCUT2D eigenvalue weighted by molar-refractivity contribution is 6.03. The highest BCUT2D eigenvalue weighted by Gasteiger charge is 2.39. The fourth-order valence-corrected chi connectivity index (χ4v) is 1.87. The van der Waals surface area contributed by atoms with E-state index in [4.69, 9.17) is 4.74 Å². The Morgan fingerprint density at radius 1 is 1.43 bits per heavy atom. The van der Waals surface area contributed by atoms with Crippen molar-refractivity contribution >= 4 is 11.6 Å². The van der Waals surface area contributed by atoms with Crippen LogP contribution in [0.2, 0.25) is 0 Å². The Bertz CT molecular complexity index is 698. The average molecular weight is 330 g/mol. The molecule has 0 saturated carbocycles. The number of aromatic nitrogens is 1. The molecule has 23 heavy (non-hydrogen) atoms. The minimum absolute atomic E-state index is 0.187. The zero-order valence-electron chi connectivity index (χ0n) is 12.0. The van der Waals surface area contributed by atoms with E-state index in [1.165, 1.54) is 18.2 Å². The maximum Gasteiger partial charge on any atom is 0.437 e. The number of rotatable bonds is 5. The highest BCUT2D eigenvalue weighted by atomic mass is 19.4. The zero-order valence-corrected chi connectivity index (χ0v) is 12.0. The Morgan fingerprint density at radius 2 is 2.17 bits per heavy atom. The summed E-state index contributed by atoms with van der Waals surface area (Å²) in [7, 11) is 0. The number of aliphatic hydroxyl groups is 1. The number of amides is 1. The number of carbonyl (C=O) groups is 1. The van der Waals surface area contributed by atoms with Gasteiger partial charge in [-0.25, -0.2) is 4.98 Å². The monoisotopic (exact) mass is 330 g/mol. The molecule has 0 atom stereocenters. The lowest BCUT2D eigenvalue weighted by atomic mass is 10.2. The summed E-state index contributed by atoms with van der Waals surface area (Å²) < 4.78 is 47.9. The molecule has 1 heterocycles. The molecule has 9 heteroatoms. The van der Waals surface area contributed by atoms with Gasteiger partial charge in [-0.2, -0.15) is 13.2 Å². The van der Waals surface area contributed by atoms with E-state index in [0.717, 1.165) is 0 Å². The van der Waals surface area contributed by atoms with Crippen molar-refractivity contribution < 1.29 is 32.2 Å². The van der Waals surface area contributed by atoms with Gasteiger partial charge in [-0.15, -0.1) is 0 Å². The number of hydrogen-bond acceptors (Lipinski definition) is 5. The van der Waals surface area contributed by atoms with E-state index in [1.807, 2.05) is 0 Å². The van der Waals surface area contributed by atoms with Gasteiger partial charge in [0.05, 0.1) is 13.2 Å². The first kappa shape index (κ1) is 16.8. The molecule has 0 fully saturated rings. The van der Waals surface area contributed by atoms with Crippen molar-refractivity contribution in [3.8, 4) is 5.75 Å². The topological polar surface area (TPSA) is 84.6 Å². The molecule has 0 spiro atoms. The average Bonchev–Trinajstić information content (AvgIpc) is 2.98. The van der Waals surface area contributed by atoms with E-state index >= 15 is 0 Å². The summed E-state index contributed by atoms with van der Waals surface area (Å²) >= 11 is 0. The van der Waals surface area contributed by atoms with E-state index in [2.05, 4.69) is 14.7 Å².